The highest BCUT2D eigenvalue weighted by molar-refractivity contribution is 5.79. The van der Waals surface area contributed by atoms with Crippen LogP contribution in [0, 0.1) is 28.6 Å². The van der Waals surface area contributed by atoms with Gasteiger partial charge in [-0.1, -0.05) is 31.6 Å². The van der Waals surface area contributed by atoms with Gasteiger partial charge in [0.1, 0.15) is 11.5 Å². The maximum absolute atomic E-state index is 12.2. The second-order valence-electron chi connectivity index (χ2n) is 9.25. The van der Waals surface area contributed by atoms with Gasteiger partial charge in [0.25, 0.3) is 0 Å². The second kappa shape index (κ2) is 5.94. The Labute approximate surface area is 156 Å². The van der Waals surface area contributed by atoms with Gasteiger partial charge in [-0.25, -0.2) is 0 Å². The zero-order chi connectivity index (χ0) is 18.7. The molecule has 4 aliphatic carbocycles. The molecule has 26 heavy (non-hydrogen) atoms. The molecule has 3 nitrogen and oxygen atoms in total. The molecule has 5 atom stereocenters. The molecule has 1 fully saturated rings. The van der Waals surface area contributed by atoms with Crippen molar-refractivity contribution in [2.75, 3.05) is 0 Å². The normalized spacial score (nSPS) is 41.1. The summed E-state index contributed by atoms with van der Waals surface area (Å²) in [5.74, 6) is 2.35. The molecule has 0 saturated heterocycles. The number of esters is 1. The van der Waals surface area contributed by atoms with E-state index < -0.39 is 0 Å². The van der Waals surface area contributed by atoms with Crippen LogP contribution in [0.4, 0.5) is 0 Å². The van der Waals surface area contributed by atoms with Crippen molar-refractivity contribution in [3.05, 3.63) is 35.1 Å². The van der Waals surface area contributed by atoms with Crippen molar-refractivity contribution in [3.63, 3.8) is 0 Å². The Hall–Kier alpha value is -1.64. The van der Waals surface area contributed by atoms with Crippen LogP contribution in [0.1, 0.15) is 66.2 Å². The molecule has 1 saturated carbocycles. The number of carbonyl (C=O) groups is 2. The third-order valence-corrected chi connectivity index (χ3v) is 7.88. The molecule has 0 amide bonds. The van der Waals surface area contributed by atoms with Gasteiger partial charge in [0.05, 0.1) is 0 Å². The van der Waals surface area contributed by atoms with E-state index in [4.69, 9.17) is 4.74 Å². The average Bonchev–Trinajstić information content (AvgIpc) is 2.92. The van der Waals surface area contributed by atoms with Gasteiger partial charge in [0, 0.05) is 24.7 Å². The minimum Gasteiger partial charge on any atom is -0.431 e. The number of hydrogen-bond acceptors (Lipinski definition) is 3. The maximum atomic E-state index is 12.2. The minimum atomic E-state index is -0.233. The first-order valence-corrected chi connectivity index (χ1v) is 10.1. The Morgan fingerprint density at radius 1 is 1.15 bits per heavy atom. The van der Waals surface area contributed by atoms with E-state index >= 15 is 0 Å². The molecule has 0 radical (unpaired) electrons. The lowest BCUT2D eigenvalue weighted by Crippen LogP contribution is -2.44. The first-order valence-electron chi connectivity index (χ1n) is 10.1. The summed E-state index contributed by atoms with van der Waals surface area (Å²) in [6.45, 7) is 7.96. The Morgan fingerprint density at radius 2 is 1.92 bits per heavy atom. The third-order valence-electron chi connectivity index (χ3n) is 7.88. The molecule has 0 bridgehead atoms. The van der Waals surface area contributed by atoms with E-state index in [1.165, 1.54) is 18.9 Å². The van der Waals surface area contributed by atoms with Crippen LogP contribution in [0.2, 0.25) is 0 Å². The molecule has 4 aliphatic rings. The predicted octanol–water partition coefficient (Wildman–Crippen LogP) is 5.13. The third kappa shape index (κ3) is 2.46. The minimum absolute atomic E-state index is 0.0577. The maximum Gasteiger partial charge on any atom is 0.307 e. The van der Waals surface area contributed by atoms with E-state index in [1.807, 2.05) is 0 Å². The Balaban J connectivity index is 1.68. The molecule has 0 N–H and O–H groups in total. The van der Waals surface area contributed by atoms with E-state index in [2.05, 4.69) is 32.1 Å². The van der Waals surface area contributed by atoms with Crippen molar-refractivity contribution in [3.8, 4) is 0 Å². The molecule has 4 rings (SSSR count). The van der Waals surface area contributed by atoms with Crippen LogP contribution in [0.5, 0.6) is 0 Å². The highest BCUT2D eigenvalue weighted by atomic mass is 16.5. The van der Waals surface area contributed by atoms with Crippen LogP contribution in [0.3, 0.4) is 0 Å². The molecule has 0 aliphatic heterocycles. The van der Waals surface area contributed by atoms with Crippen molar-refractivity contribution < 1.29 is 14.3 Å². The SMILES string of the molecule is CC(=O)OC1=CC2=CC[C@@H]3C(=CC[C@]4(C)[C@@H](C(C)=O)CC[C@@H]34)[C@@]2(C)CC1. The van der Waals surface area contributed by atoms with Crippen LogP contribution in [-0.4, -0.2) is 11.8 Å². The van der Waals surface area contributed by atoms with Crippen molar-refractivity contribution >= 4 is 11.8 Å². The molecule has 0 aromatic heterocycles. The van der Waals surface area contributed by atoms with Crippen LogP contribution >= 0.6 is 0 Å². The van der Waals surface area contributed by atoms with E-state index in [0.717, 1.165) is 37.9 Å². The number of fused-ring (bicyclic) bond motifs is 5. The molecular weight excluding hydrogens is 324 g/mol. The van der Waals surface area contributed by atoms with E-state index in [0.29, 0.717) is 17.6 Å². The fourth-order valence-corrected chi connectivity index (χ4v) is 6.55. The summed E-state index contributed by atoms with van der Waals surface area (Å²) in [5.41, 5.74) is 3.09. The predicted molar refractivity (Wildman–Crippen MR) is 101 cm³/mol. The van der Waals surface area contributed by atoms with Gasteiger partial charge in [-0.2, -0.15) is 0 Å². The monoisotopic (exact) mass is 354 g/mol. The number of rotatable bonds is 2. The summed E-state index contributed by atoms with van der Waals surface area (Å²) in [4.78, 5) is 23.5. The Kier molecular flexibility index (Phi) is 4.05. The van der Waals surface area contributed by atoms with Gasteiger partial charge in [-0.15, -0.1) is 0 Å². The highest BCUT2D eigenvalue weighted by Crippen LogP contribution is 2.63. The standard InChI is InChI=1S/C23H30O3/c1-14(24)19-7-8-20-18-6-5-16-13-17(26-15(2)25)9-11-22(16,3)21(18)10-12-23(19,20)4/h5,10,13,18-20H,6-9,11-12H2,1-4H3/t18-,19+,20-,22-,23+/m0/s1. The lowest BCUT2D eigenvalue weighted by atomic mass is 9.52. The van der Waals surface area contributed by atoms with Crippen molar-refractivity contribution in [2.24, 2.45) is 28.6 Å². The average molecular weight is 354 g/mol. The fraction of sp³-hybridized carbons (Fsp3) is 0.652. The largest absolute Gasteiger partial charge is 0.431 e. The van der Waals surface area contributed by atoms with E-state index in [1.54, 1.807) is 12.5 Å². The fourth-order valence-electron chi connectivity index (χ4n) is 6.55. The molecule has 3 heteroatoms. The van der Waals surface area contributed by atoms with Gasteiger partial charge in [0.2, 0.25) is 0 Å². The summed E-state index contributed by atoms with van der Waals surface area (Å²) >= 11 is 0. The van der Waals surface area contributed by atoms with Crippen molar-refractivity contribution in [1.29, 1.82) is 0 Å². The second-order valence-corrected chi connectivity index (χ2v) is 9.25. The quantitative estimate of drug-likeness (QED) is 0.510. The van der Waals surface area contributed by atoms with Gasteiger partial charge < -0.3 is 4.74 Å². The highest BCUT2D eigenvalue weighted by Gasteiger charge is 2.56. The number of Topliss-reactive ketones (excluding diaryl/α,β-unsaturated/α-hetero) is 1. The summed E-state index contributed by atoms with van der Waals surface area (Å²) < 4.78 is 5.37. The first-order chi connectivity index (χ1) is 12.3. The molecule has 0 spiro atoms. The molecular formula is C23H30O3. The topological polar surface area (TPSA) is 43.4 Å². The molecule has 0 heterocycles. The van der Waals surface area contributed by atoms with Gasteiger partial charge >= 0.3 is 5.97 Å². The Bertz CT molecular complexity index is 755. The first kappa shape index (κ1) is 17.8. The lowest BCUT2D eigenvalue weighted by molar-refractivity contribution is -0.137. The Morgan fingerprint density at radius 3 is 2.62 bits per heavy atom. The van der Waals surface area contributed by atoms with Crippen LogP contribution in [-0.2, 0) is 14.3 Å². The molecule has 0 aromatic carbocycles. The van der Waals surface area contributed by atoms with Crippen LogP contribution in [0.15, 0.2) is 35.1 Å². The number of carbonyl (C=O) groups excluding carboxylic acids is 2. The summed E-state index contributed by atoms with van der Waals surface area (Å²) in [6.07, 6.45) is 13.1. The number of hydrogen-bond donors (Lipinski definition) is 0. The van der Waals surface area contributed by atoms with Crippen molar-refractivity contribution in [2.45, 2.75) is 66.2 Å². The van der Waals surface area contributed by atoms with E-state index in [9.17, 15) is 9.59 Å². The molecule has 0 aromatic rings. The summed E-state index contributed by atoms with van der Waals surface area (Å²) in [6, 6.07) is 0. The zero-order valence-corrected chi connectivity index (χ0v) is 16.4. The smallest absolute Gasteiger partial charge is 0.307 e. The van der Waals surface area contributed by atoms with Gasteiger partial charge in [0.15, 0.2) is 0 Å². The van der Waals surface area contributed by atoms with Gasteiger partial charge in [-0.3, -0.25) is 9.59 Å². The van der Waals surface area contributed by atoms with Crippen molar-refractivity contribution in [1.82, 2.24) is 0 Å². The molecule has 0 unspecified atom stereocenters. The van der Waals surface area contributed by atoms with Gasteiger partial charge in [-0.05, 0) is 67.9 Å². The lowest BCUT2D eigenvalue weighted by Gasteiger charge is -2.52. The number of ketones is 1. The zero-order valence-electron chi connectivity index (χ0n) is 16.4. The van der Waals surface area contributed by atoms with E-state index in [-0.39, 0.29) is 22.7 Å². The number of allylic oxidation sites excluding steroid dienone is 6. The number of ether oxygens (including phenoxy) is 1. The molecule has 140 valence electrons. The van der Waals surface area contributed by atoms with Crippen LogP contribution < -0.4 is 0 Å². The van der Waals surface area contributed by atoms with Crippen LogP contribution in [0.25, 0.3) is 0 Å². The summed E-state index contributed by atoms with van der Waals surface area (Å²) in [5, 5.41) is 0. The summed E-state index contributed by atoms with van der Waals surface area (Å²) in [7, 11) is 0.